The Hall–Kier alpha value is -1.64. The van der Waals surface area contributed by atoms with Gasteiger partial charge in [0, 0.05) is 24.4 Å². The molecule has 19 heavy (non-hydrogen) atoms. The first-order chi connectivity index (χ1) is 8.97. The molecule has 0 aromatic carbocycles. The number of nitrogens with one attached hydrogen (secondary N) is 1. The van der Waals surface area contributed by atoms with Crippen molar-refractivity contribution in [2.24, 2.45) is 0 Å². The summed E-state index contributed by atoms with van der Waals surface area (Å²) in [5.41, 5.74) is 0.786. The molecule has 0 saturated carbocycles. The molecule has 8 heteroatoms. The highest BCUT2D eigenvalue weighted by Crippen LogP contribution is 2.21. The summed E-state index contributed by atoms with van der Waals surface area (Å²) in [4.78, 5) is 28.0. The first-order valence-corrected chi connectivity index (χ1v) is 6.44. The monoisotopic (exact) mass is 284 g/mol. The number of thioether (sulfide) groups is 1. The van der Waals surface area contributed by atoms with E-state index in [2.05, 4.69) is 9.97 Å². The summed E-state index contributed by atoms with van der Waals surface area (Å²) in [6.07, 6.45) is -0.983. The van der Waals surface area contributed by atoms with Gasteiger partial charge in [-0.2, -0.15) is 0 Å². The molecule has 3 N–H and O–H groups in total. The Morgan fingerprint density at radius 3 is 3.00 bits per heavy atom. The van der Waals surface area contributed by atoms with Crippen molar-refractivity contribution >= 4 is 28.1 Å². The van der Waals surface area contributed by atoms with Crippen molar-refractivity contribution in [1.29, 1.82) is 0 Å². The molecule has 0 radical (unpaired) electrons. The number of carbonyl (C=O) groups is 1. The lowest BCUT2D eigenvalue weighted by Gasteiger charge is -2.16. The minimum Gasteiger partial charge on any atom is -0.406 e. The summed E-state index contributed by atoms with van der Waals surface area (Å²) in [5, 5.41) is 19.5. The predicted octanol–water partition coefficient (Wildman–Crippen LogP) is 0.190. The number of hydrogen-bond donors (Lipinski definition) is 3. The number of aromatic nitrogens is 2. The van der Waals surface area contributed by atoms with Crippen LogP contribution in [0.3, 0.4) is 0 Å². The van der Waals surface area contributed by atoms with Crippen LogP contribution in [0.2, 0.25) is 0 Å². The number of aliphatic hydroxyl groups is 2. The number of oxazole rings is 1. The van der Waals surface area contributed by atoms with E-state index in [1.807, 2.05) is 0 Å². The zero-order valence-corrected chi connectivity index (χ0v) is 10.8. The quantitative estimate of drug-likeness (QED) is 0.733. The Kier molecular flexibility index (Phi) is 4.03. The number of hydrogen-bond acceptors (Lipinski definition) is 7. The second kappa shape index (κ2) is 5.55. The maximum absolute atomic E-state index is 11.0. The van der Waals surface area contributed by atoms with E-state index in [-0.39, 0.29) is 22.1 Å². The van der Waals surface area contributed by atoms with E-state index in [1.54, 1.807) is 0 Å². The third-order valence-electron chi connectivity index (χ3n) is 2.46. The molecule has 0 aliphatic rings. The van der Waals surface area contributed by atoms with Gasteiger partial charge in [0.05, 0.1) is 6.10 Å². The fourth-order valence-corrected chi connectivity index (χ4v) is 2.12. The van der Waals surface area contributed by atoms with Gasteiger partial charge in [-0.15, -0.1) is 0 Å². The smallest absolute Gasteiger partial charge is 0.406 e. The lowest BCUT2D eigenvalue weighted by Crippen LogP contribution is -2.21. The van der Waals surface area contributed by atoms with Crippen molar-refractivity contribution < 1.29 is 19.4 Å². The van der Waals surface area contributed by atoms with Gasteiger partial charge >= 0.3 is 5.76 Å². The summed E-state index contributed by atoms with van der Waals surface area (Å²) in [6.45, 7) is 1.38. The lowest BCUT2D eigenvalue weighted by molar-refractivity contribution is -0.109. The maximum atomic E-state index is 11.0. The largest absolute Gasteiger partial charge is 0.418 e. The molecule has 0 saturated heterocycles. The number of pyridine rings is 1. The lowest BCUT2D eigenvalue weighted by atomic mass is 10.1. The Morgan fingerprint density at radius 1 is 1.58 bits per heavy atom. The highest BCUT2D eigenvalue weighted by molar-refractivity contribution is 8.13. The van der Waals surface area contributed by atoms with Gasteiger partial charge in [-0.25, -0.2) is 9.78 Å². The predicted molar refractivity (Wildman–Crippen MR) is 68.7 cm³/mol. The Morgan fingerprint density at radius 2 is 2.32 bits per heavy atom. The van der Waals surface area contributed by atoms with E-state index in [0.29, 0.717) is 5.56 Å². The molecular weight excluding hydrogens is 272 g/mol. The van der Waals surface area contributed by atoms with Crippen molar-refractivity contribution in [2.45, 2.75) is 19.1 Å². The molecule has 2 aromatic rings. The highest BCUT2D eigenvalue weighted by atomic mass is 32.2. The van der Waals surface area contributed by atoms with Crippen LogP contribution in [0.15, 0.2) is 21.5 Å². The zero-order chi connectivity index (χ0) is 14.0. The average Bonchev–Trinajstić information content (AvgIpc) is 2.73. The van der Waals surface area contributed by atoms with Crippen LogP contribution in [0.1, 0.15) is 18.6 Å². The molecule has 7 nitrogen and oxygen atoms in total. The number of nitrogens with zero attached hydrogens (tertiary/aromatic N) is 1. The van der Waals surface area contributed by atoms with Crippen LogP contribution in [0, 0.1) is 0 Å². The fourth-order valence-electron chi connectivity index (χ4n) is 1.53. The van der Waals surface area contributed by atoms with Gasteiger partial charge in [0.15, 0.2) is 16.3 Å². The van der Waals surface area contributed by atoms with Crippen LogP contribution in [0.4, 0.5) is 0 Å². The van der Waals surface area contributed by atoms with E-state index in [1.165, 1.54) is 19.2 Å². The number of rotatable bonds is 4. The number of fused-ring (bicyclic) bond motifs is 1. The first kappa shape index (κ1) is 13.8. The second-order valence-corrected chi connectivity index (χ2v) is 5.14. The third kappa shape index (κ3) is 3.22. The van der Waals surface area contributed by atoms with E-state index >= 15 is 0 Å². The molecule has 2 rings (SSSR count). The third-order valence-corrected chi connectivity index (χ3v) is 3.38. The minimum atomic E-state index is -1.20. The molecule has 0 spiro atoms. The van der Waals surface area contributed by atoms with Crippen molar-refractivity contribution in [3.63, 3.8) is 0 Å². The molecule has 0 aliphatic carbocycles. The highest BCUT2D eigenvalue weighted by Gasteiger charge is 2.20. The van der Waals surface area contributed by atoms with Gasteiger partial charge in [0.25, 0.3) is 0 Å². The Bertz CT molecular complexity index is 650. The topological polar surface area (TPSA) is 116 Å². The summed E-state index contributed by atoms with van der Waals surface area (Å²) < 4.78 is 4.81. The van der Waals surface area contributed by atoms with Gasteiger partial charge in [0.1, 0.15) is 6.10 Å². The number of aromatic amines is 1. The first-order valence-electron chi connectivity index (χ1n) is 5.45. The fraction of sp³-hybridized carbons (Fsp3) is 0.364. The standard InChI is InChI=1S/C11H12N2O5S/c1-5(14)19-4-7(15)9(16)6-2-8-10(12-3-6)13-11(17)18-8/h2-3,7,9,15-16H,4H2,1H3,(H,12,13,17). The van der Waals surface area contributed by atoms with Gasteiger partial charge in [-0.3, -0.25) is 9.78 Å². The normalized spacial score (nSPS) is 14.5. The van der Waals surface area contributed by atoms with Crippen LogP contribution in [0.5, 0.6) is 0 Å². The molecule has 0 aliphatic heterocycles. The summed E-state index contributed by atoms with van der Waals surface area (Å²) in [6, 6.07) is 1.42. The van der Waals surface area contributed by atoms with Crippen LogP contribution in [-0.4, -0.2) is 37.2 Å². The zero-order valence-electron chi connectivity index (χ0n) is 9.99. The van der Waals surface area contributed by atoms with Crippen molar-refractivity contribution in [1.82, 2.24) is 9.97 Å². The molecule has 102 valence electrons. The van der Waals surface area contributed by atoms with Crippen molar-refractivity contribution in [2.75, 3.05) is 5.75 Å². The summed E-state index contributed by atoms with van der Waals surface area (Å²) in [7, 11) is 0. The number of H-pyrrole nitrogens is 1. The Labute approximate surface area is 111 Å². The molecule has 2 atom stereocenters. The van der Waals surface area contributed by atoms with Crippen LogP contribution >= 0.6 is 11.8 Å². The molecule has 2 unspecified atom stereocenters. The summed E-state index contributed by atoms with van der Waals surface area (Å²) in [5.74, 6) is -0.562. The summed E-state index contributed by atoms with van der Waals surface area (Å²) >= 11 is 0.921. The van der Waals surface area contributed by atoms with Gasteiger partial charge in [-0.1, -0.05) is 11.8 Å². The Balaban J connectivity index is 2.18. The van der Waals surface area contributed by atoms with Gasteiger partial charge in [0.2, 0.25) is 0 Å². The minimum absolute atomic E-state index is 0.0750. The van der Waals surface area contributed by atoms with Crippen LogP contribution in [0.25, 0.3) is 11.2 Å². The SMILES string of the molecule is CC(=O)SCC(O)C(O)c1cnc2[nH]c(=O)oc2c1. The second-order valence-electron chi connectivity index (χ2n) is 3.94. The molecule has 0 amide bonds. The van der Waals surface area contributed by atoms with E-state index < -0.39 is 18.0 Å². The van der Waals surface area contributed by atoms with Crippen LogP contribution < -0.4 is 5.76 Å². The number of aliphatic hydroxyl groups excluding tert-OH is 2. The molecular formula is C11H12N2O5S. The van der Waals surface area contributed by atoms with Gasteiger partial charge in [-0.05, 0) is 6.07 Å². The maximum Gasteiger partial charge on any atom is 0.418 e. The van der Waals surface area contributed by atoms with E-state index in [0.717, 1.165) is 11.8 Å². The molecule has 2 heterocycles. The molecule has 0 bridgehead atoms. The molecule has 2 aromatic heterocycles. The van der Waals surface area contributed by atoms with Crippen molar-refractivity contribution in [3.8, 4) is 0 Å². The van der Waals surface area contributed by atoms with E-state index in [4.69, 9.17) is 4.42 Å². The number of carbonyl (C=O) groups excluding carboxylic acids is 1. The molecule has 0 fully saturated rings. The van der Waals surface area contributed by atoms with E-state index in [9.17, 15) is 19.8 Å². The van der Waals surface area contributed by atoms with Crippen LogP contribution in [-0.2, 0) is 4.79 Å². The van der Waals surface area contributed by atoms with Gasteiger partial charge < -0.3 is 14.6 Å². The average molecular weight is 284 g/mol. The van der Waals surface area contributed by atoms with Crippen molar-refractivity contribution in [3.05, 3.63) is 28.4 Å².